The second-order valence-electron chi connectivity index (χ2n) is 3.15. The minimum absolute atomic E-state index is 0.461. The van der Waals surface area contributed by atoms with Gasteiger partial charge in [-0.15, -0.1) is 0 Å². The molecule has 16 heavy (non-hydrogen) atoms. The quantitative estimate of drug-likeness (QED) is 0.447. The van der Waals surface area contributed by atoms with Gasteiger partial charge in [0.25, 0.3) is 0 Å². The van der Waals surface area contributed by atoms with Crippen LogP contribution in [0.25, 0.3) is 0 Å². The maximum Gasteiger partial charge on any atom is 0.189 e. The molecule has 6 heteroatoms. The van der Waals surface area contributed by atoms with Crippen molar-refractivity contribution in [2.75, 3.05) is 12.4 Å². The molecule has 1 aromatic rings. The van der Waals surface area contributed by atoms with Crippen LogP contribution >= 0.6 is 24.4 Å². The lowest BCUT2D eigenvalue weighted by Crippen LogP contribution is -2.47. The monoisotopic (exact) mass is 254 g/mol. The van der Waals surface area contributed by atoms with Crippen LogP contribution in [0.4, 0.5) is 5.69 Å². The molecule has 0 amide bonds. The molecule has 0 saturated heterocycles. The highest BCUT2D eigenvalue weighted by molar-refractivity contribution is 7.80. The van der Waals surface area contributed by atoms with Crippen LogP contribution in [0, 0.1) is 6.92 Å². The van der Waals surface area contributed by atoms with Crippen LogP contribution in [0.1, 0.15) is 5.56 Å². The van der Waals surface area contributed by atoms with Gasteiger partial charge < -0.3 is 10.6 Å². The van der Waals surface area contributed by atoms with Gasteiger partial charge in [0.15, 0.2) is 10.2 Å². The zero-order valence-corrected chi connectivity index (χ0v) is 10.8. The Morgan fingerprint density at radius 1 is 1.12 bits per heavy atom. The number of benzene rings is 1. The molecular weight excluding hydrogens is 240 g/mol. The van der Waals surface area contributed by atoms with Gasteiger partial charge in [0, 0.05) is 12.7 Å². The van der Waals surface area contributed by atoms with E-state index in [-0.39, 0.29) is 0 Å². The summed E-state index contributed by atoms with van der Waals surface area (Å²) in [6, 6.07) is 7.93. The van der Waals surface area contributed by atoms with Gasteiger partial charge in [0.2, 0.25) is 0 Å². The van der Waals surface area contributed by atoms with Gasteiger partial charge in [-0.1, -0.05) is 12.1 Å². The third-order valence-electron chi connectivity index (χ3n) is 1.79. The highest BCUT2D eigenvalue weighted by Crippen LogP contribution is 2.08. The molecule has 0 unspecified atom stereocenters. The first-order valence-electron chi connectivity index (χ1n) is 4.73. The SMILES string of the molecule is CNC(=S)NNC(=S)Nc1cccc(C)c1. The van der Waals surface area contributed by atoms with Crippen molar-refractivity contribution in [1.29, 1.82) is 0 Å². The minimum Gasteiger partial charge on any atom is -0.364 e. The number of hydrazine groups is 1. The molecule has 0 aliphatic rings. The predicted molar refractivity (Wildman–Crippen MR) is 75.3 cm³/mol. The average molecular weight is 254 g/mol. The van der Waals surface area contributed by atoms with Gasteiger partial charge >= 0.3 is 0 Å². The molecule has 1 aromatic carbocycles. The minimum atomic E-state index is 0.461. The second-order valence-corrected chi connectivity index (χ2v) is 3.97. The van der Waals surface area contributed by atoms with Gasteiger partial charge in [0.05, 0.1) is 0 Å². The number of hydrogen-bond donors (Lipinski definition) is 4. The predicted octanol–water partition coefficient (Wildman–Crippen LogP) is 1.29. The van der Waals surface area contributed by atoms with Crippen LogP contribution in [0.2, 0.25) is 0 Å². The number of nitrogens with one attached hydrogen (secondary N) is 4. The van der Waals surface area contributed by atoms with E-state index in [1.54, 1.807) is 7.05 Å². The van der Waals surface area contributed by atoms with E-state index in [9.17, 15) is 0 Å². The molecule has 0 aliphatic carbocycles. The summed E-state index contributed by atoms with van der Waals surface area (Å²) in [7, 11) is 1.73. The maximum atomic E-state index is 5.07. The van der Waals surface area contributed by atoms with E-state index in [1.165, 1.54) is 5.56 Å². The van der Waals surface area contributed by atoms with Crippen molar-refractivity contribution in [3.63, 3.8) is 0 Å². The molecule has 0 aromatic heterocycles. The Morgan fingerprint density at radius 3 is 2.44 bits per heavy atom. The zero-order chi connectivity index (χ0) is 12.0. The van der Waals surface area contributed by atoms with Gasteiger partial charge in [-0.05, 0) is 49.1 Å². The molecular formula is C10H14N4S2. The van der Waals surface area contributed by atoms with Crippen LogP contribution in [0.15, 0.2) is 24.3 Å². The maximum absolute atomic E-state index is 5.07. The normalized spacial score (nSPS) is 9.12. The molecule has 0 bridgehead atoms. The van der Waals surface area contributed by atoms with Crippen molar-refractivity contribution in [2.24, 2.45) is 0 Å². The summed E-state index contributed by atoms with van der Waals surface area (Å²) < 4.78 is 0. The Bertz CT molecular complexity index is 392. The standard InChI is InChI=1S/C10H14N4S2/c1-7-4-3-5-8(6-7)12-10(16)14-13-9(15)11-2/h3-6H,1-2H3,(H2,11,13,15)(H2,12,14,16). The Hall–Kier alpha value is -1.40. The van der Waals surface area contributed by atoms with Crippen LogP contribution in [0.3, 0.4) is 0 Å². The molecule has 4 N–H and O–H groups in total. The first kappa shape index (κ1) is 12.7. The lowest BCUT2D eigenvalue weighted by Gasteiger charge is -2.12. The largest absolute Gasteiger partial charge is 0.364 e. The average Bonchev–Trinajstić information content (AvgIpc) is 2.26. The number of anilines is 1. The van der Waals surface area contributed by atoms with Crippen LogP contribution < -0.4 is 21.5 Å². The van der Waals surface area contributed by atoms with E-state index in [2.05, 4.69) is 21.5 Å². The fraction of sp³-hybridized carbons (Fsp3) is 0.200. The molecule has 0 fully saturated rings. The van der Waals surface area contributed by atoms with Gasteiger partial charge in [-0.2, -0.15) is 0 Å². The lowest BCUT2D eigenvalue weighted by atomic mass is 10.2. The van der Waals surface area contributed by atoms with Gasteiger partial charge in [0.1, 0.15) is 0 Å². The fourth-order valence-corrected chi connectivity index (χ4v) is 1.28. The molecule has 0 heterocycles. The molecule has 1 rings (SSSR count). The summed E-state index contributed by atoms with van der Waals surface area (Å²) in [6.45, 7) is 2.02. The molecule has 4 nitrogen and oxygen atoms in total. The van der Waals surface area contributed by atoms with Crippen molar-refractivity contribution in [1.82, 2.24) is 16.2 Å². The van der Waals surface area contributed by atoms with E-state index >= 15 is 0 Å². The van der Waals surface area contributed by atoms with Crippen molar-refractivity contribution in [3.05, 3.63) is 29.8 Å². The number of aryl methyl sites for hydroxylation is 1. The summed E-state index contributed by atoms with van der Waals surface area (Å²) in [5.41, 5.74) is 7.61. The summed E-state index contributed by atoms with van der Waals surface area (Å²) >= 11 is 9.96. The van der Waals surface area contributed by atoms with Crippen molar-refractivity contribution >= 4 is 40.3 Å². The molecule has 0 aliphatic heterocycles. The highest BCUT2D eigenvalue weighted by atomic mass is 32.1. The van der Waals surface area contributed by atoms with Crippen molar-refractivity contribution < 1.29 is 0 Å². The molecule has 86 valence electrons. The number of rotatable bonds is 1. The molecule has 0 spiro atoms. The Kier molecular flexibility index (Phi) is 4.94. The first-order chi connectivity index (χ1) is 7.61. The van der Waals surface area contributed by atoms with Gasteiger partial charge in [-0.3, -0.25) is 10.9 Å². The fourth-order valence-electron chi connectivity index (χ4n) is 1.06. The lowest BCUT2D eigenvalue weighted by molar-refractivity contribution is 0.853. The molecule has 0 saturated carbocycles. The van der Waals surface area contributed by atoms with E-state index in [0.29, 0.717) is 10.2 Å². The topological polar surface area (TPSA) is 48.1 Å². The summed E-state index contributed by atoms with van der Waals surface area (Å²) in [5, 5.41) is 6.74. The Labute approximate surface area is 106 Å². The van der Waals surface area contributed by atoms with E-state index in [1.807, 2.05) is 31.2 Å². The smallest absolute Gasteiger partial charge is 0.189 e. The number of thiocarbonyl (C=S) groups is 2. The van der Waals surface area contributed by atoms with Crippen LogP contribution in [0.5, 0.6) is 0 Å². The third kappa shape index (κ3) is 4.41. The number of hydrogen-bond acceptors (Lipinski definition) is 2. The Morgan fingerprint density at radius 2 is 1.81 bits per heavy atom. The van der Waals surface area contributed by atoms with Crippen LogP contribution in [-0.4, -0.2) is 17.3 Å². The first-order valence-corrected chi connectivity index (χ1v) is 5.55. The van der Waals surface area contributed by atoms with Crippen LogP contribution in [-0.2, 0) is 0 Å². The molecule has 0 radical (unpaired) electrons. The van der Waals surface area contributed by atoms with E-state index in [4.69, 9.17) is 24.4 Å². The van der Waals surface area contributed by atoms with E-state index in [0.717, 1.165) is 5.69 Å². The summed E-state index contributed by atoms with van der Waals surface area (Å²) in [5.74, 6) is 0. The van der Waals surface area contributed by atoms with Gasteiger partial charge in [-0.25, -0.2) is 0 Å². The second kappa shape index (κ2) is 6.24. The third-order valence-corrected chi connectivity index (χ3v) is 2.30. The zero-order valence-electron chi connectivity index (χ0n) is 9.13. The van der Waals surface area contributed by atoms with Crippen molar-refractivity contribution in [3.8, 4) is 0 Å². The van der Waals surface area contributed by atoms with Crippen molar-refractivity contribution in [2.45, 2.75) is 6.92 Å². The highest BCUT2D eigenvalue weighted by Gasteiger charge is 1.97. The van der Waals surface area contributed by atoms with E-state index < -0.39 is 0 Å². The summed E-state index contributed by atoms with van der Waals surface area (Å²) in [4.78, 5) is 0. The Balaban J connectivity index is 2.43. The molecule has 0 atom stereocenters. The summed E-state index contributed by atoms with van der Waals surface area (Å²) in [6.07, 6.45) is 0.